The molecule has 9 heteroatoms. The summed E-state index contributed by atoms with van der Waals surface area (Å²) in [4.78, 5) is 20.4. The summed E-state index contributed by atoms with van der Waals surface area (Å²) in [6.45, 7) is 8.14. The average molecular weight is 349 g/mol. The van der Waals surface area contributed by atoms with Gasteiger partial charge >= 0.3 is 0 Å². The lowest BCUT2D eigenvalue weighted by Crippen LogP contribution is -2.32. The molecule has 2 rings (SSSR count). The van der Waals surface area contributed by atoms with E-state index >= 15 is 0 Å². The molecule has 2 heterocycles. The highest BCUT2D eigenvalue weighted by atomic mass is 35.5. The fourth-order valence-corrected chi connectivity index (χ4v) is 1.91. The zero-order chi connectivity index (χ0) is 14.5. The predicted octanol–water partition coefficient (Wildman–Crippen LogP) is 1.31. The summed E-state index contributed by atoms with van der Waals surface area (Å²) in [6, 6.07) is 1.90. The third-order valence-electron chi connectivity index (χ3n) is 2.84. The maximum atomic E-state index is 11.9. The Labute approximate surface area is 142 Å². The van der Waals surface area contributed by atoms with Crippen LogP contribution in [0.3, 0.4) is 0 Å². The van der Waals surface area contributed by atoms with E-state index in [1.54, 1.807) is 4.52 Å². The molecule has 0 atom stereocenters. The first kappa shape index (κ1) is 20.6. The van der Waals surface area contributed by atoms with E-state index in [4.69, 9.17) is 0 Å². The number of halogens is 2. The van der Waals surface area contributed by atoms with Gasteiger partial charge in [0.2, 0.25) is 5.82 Å². The second-order valence-electron chi connectivity index (χ2n) is 4.69. The Morgan fingerprint density at radius 3 is 2.59 bits per heavy atom. The van der Waals surface area contributed by atoms with Crippen LogP contribution in [0.15, 0.2) is 6.07 Å². The van der Waals surface area contributed by atoms with Crippen LogP contribution < -0.4 is 10.6 Å². The molecule has 124 valence electrons. The number of fused-ring (bicyclic) bond motifs is 1. The number of rotatable bonds is 6. The molecule has 0 aliphatic carbocycles. The lowest BCUT2D eigenvalue weighted by Gasteiger charge is -2.03. The zero-order valence-corrected chi connectivity index (χ0v) is 14.6. The van der Waals surface area contributed by atoms with Crippen LogP contribution in [0.1, 0.15) is 35.4 Å². The average Bonchev–Trinajstić information content (AvgIpc) is 2.82. The Balaban J connectivity index is 0.00000220. The molecular formula is C13H22Cl2N6O. The van der Waals surface area contributed by atoms with E-state index in [2.05, 4.69) is 32.6 Å². The number of hydrogen-bond acceptors (Lipinski definition) is 5. The Bertz CT molecular complexity index is 616. The van der Waals surface area contributed by atoms with Gasteiger partial charge in [-0.25, -0.2) is 9.50 Å². The second-order valence-corrected chi connectivity index (χ2v) is 4.69. The molecule has 0 saturated heterocycles. The SMILES string of the molecule is CCCNCCNC(=O)c1nc2nc(C)cc(C)n2n1.Cl.Cl. The molecule has 2 aromatic heterocycles. The third kappa shape index (κ3) is 5.08. The van der Waals surface area contributed by atoms with Crippen molar-refractivity contribution in [1.82, 2.24) is 30.2 Å². The molecule has 0 spiro atoms. The first-order valence-electron chi connectivity index (χ1n) is 6.81. The summed E-state index contributed by atoms with van der Waals surface area (Å²) in [5.74, 6) is 0.337. The maximum Gasteiger partial charge on any atom is 0.291 e. The molecule has 0 aromatic carbocycles. The first-order valence-corrected chi connectivity index (χ1v) is 6.81. The molecule has 0 aliphatic rings. The normalized spacial score (nSPS) is 9.95. The molecule has 7 nitrogen and oxygen atoms in total. The Kier molecular flexibility index (Phi) is 8.93. The van der Waals surface area contributed by atoms with Gasteiger partial charge in [0, 0.05) is 24.5 Å². The molecular weight excluding hydrogens is 327 g/mol. The number of nitrogens with zero attached hydrogens (tertiary/aromatic N) is 4. The van der Waals surface area contributed by atoms with Gasteiger partial charge in [-0.05, 0) is 32.9 Å². The Hall–Kier alpha value is -1.44. The van der Waals surface area contributed by atoms with E-state index in [1.165, 1.54) is 0 Å². The van der Waals surface area contributed by atoms with Crippen molar-refractivity contribution in [3.8, 4) is 0 Å². The third-order valence-corrected chi connectivity index (χ3v) is 2.84. The van der Waals surface area contributed by atoms with Gasteiger partial charge in [-0.2, -0.15) is 4.98 Å². The number of carbonyl (C=O) groups is 1. The number of nitrogens with one attached hydrogen (secondary N) is 2. The van der Waals surface area contributed by atoms with E-state index in [-0.39, 0.29) is 36.5 Å². The van der Waals surface area contributed by atoms with E-state index in [0.29, 0.717) is 12.3 Å². The quantitative estimate of drug-likeness (QED) is 0.769. The number of carbonyl (C=O) groups excluding carboxylic acids is 1. The first-order chi connectivity index (χ1) is 9.61. The second kappa shape index (κ2) is 9.55. The summed E-state index contributed by atoms with van der Waals surface area (Å²) in [7, 11) is 0. The molecule has 0 aliphatic heterocycles. The minimum atomic E-state index is -0.272. The highest BCUT2D eigenvalue weighted by molar-refractivity contribution is 5.90. The van der Waals surface area contributed by atoms with Gasteiger partial charge in [0.05, 0.1) is 0 Å². The van der Waals surface area contributed by atoms with Crippen LogP contribution in [-0.4, -0.2) is 45.1 Å². The van der Waals surface area contributed by atoms with Crippen molar-refractivity contribution >= 4 is 36.5 Å². The standard InChI is InChI=1S/C13H20N6O.2ClH/c1-4-5-14-6-7-15-12(20)11-17-13-16-9(2)8-10(3)19(13)18-11;;/h8,14H,4-7H2,1-3H3,(H,15,20);2*1H. The van der Waals surface area contributed by atoms with Crippen molar-refractivity contribution in [2.75, 3.05) is 19.6 Å². The van der Waals surface area contributed by atoms with Crippen LogP contribution in [0.4, 0.5) is 0 Å². The fourth-order valence-electron chi connectivity index (χ4n) is 1.91. The van der Waals surface area contributed by atoms with E-state index < -0.39 is 0 Å². The Morgan fingerprint density at radius 1 is 1.18 bits per heavy atom. The molecule has 1 amide bonds. The minimum Gasteiger partial charge on any atom is -0.348 e. The molecule has 0 bridgehead atoms. The van der Waals surface area contributed by atoms with Crippen LogP contribution in [0.5, 0.6) is 0 Å². The molecule has 0 saturated carbocycles. The van der Waals surface area contributed by atoms with Gasteiger partial charge in [-0.15, -0.1) is 29.9 Å². The van der Waals surface area contributed by atoms with Crippen molar-refractivity contribution in [3.05, 3.63) is 23.3 Å². The molecule has 0 fully saturated rings. The number of aryl methyl sites for hydroxylation is 2. The molecule has 0 radical (unpaired) electrons. The monoisotopic (exact) mass is 348 g/mol. The summed E-state index contributed by atoms with van der Waals surface area (Å²) in [5.41, 5.74) is 1.77. The van der Waals surface area contributed by atoms with E-state index in [0.717, 1.165) is 30.9 Å². The topological polar surface area (TPSA) is 84.2 Å². The summed E-state index contributed by atoms with van der Waals surface area (Å²) in [5, 5.41) is 10.2. The van der Waals surface area contributed by atoms with Crippen LogP contribution in [0.2, 0.25) is 0 Å². The molecule has 22 heavy (non-hydrogen) atoms. The minimum absolute atomic E-state index is 0. The molecule has 2 N–H and O–H groups in total. The van der Waals surface area contributed by atoms with Crippen molar-refractivity contribution in [1.29, 1.82) is 0 Å². The molecule has 0 unspecified atom stereocenters. The van der Waals surface area contributed by atoms with Crippen molar-refractivity contribution < 1.29 is 4.79 Å². The van der Waals surface area contributed by atoms with Crippen molar-refractivity contribution in [3.63, 3.8) is 0 Å². The van der Waals surface area contributed by atoms with Gasteiger partial charge in [0.25, 0.3) is 11.7 Å². The van der Waals surface area contributed by atoms with E-state index in [1.807, 2.05) is 19.9 Å². The van der Waals surface area contributed by atoms with Crippen LogP contribution in [-0.2, 0) is 0 Å². The van der Waals surface area contributed by atoms with Crippen LogP contribution >= 0.6 is 24.8 Å². The van der Waals surface area contributed by atoms with Gasteiger partial charge < -0.3 is 10.6 Å². The fraction of sp³-hybridized carbons (Fsp3) is 0.538. The van der Waals surface area contributed by atoms with Crippen LogP contribution in [0, 0.1) is 13.8 Å². The zero-order valence-electron chi connectivity index (χ0n) is 12.9. The molecule has 2 aromatic rings. The van der Waals surface area contributed by atoms with Crippen molar-refractivity contribution in [2.24, 2.45) is 0 Å². The van der Waals surface area contributed by atoms with Gasteiger partial charge in [0.15, 0.2) is 0 Å². The summed E-state index contributed by atoms with van der Waals surface area (Å²) in [6.07, 6.45) is 1.08. The Morgan fingerprint density at radius 2 is 1.91 bits per heavy atom. The highest BCUT2D eigenvalue weighted by Gasteiger charge is 2.14. The van der Waals surface area contributed by atoms with Crippen molar-refractivity contribution in [2.45, 2.75) is 27.2 Å². The predicted molar refractivity (Wildman–Crippen MR) is 90.2 cm³/mol. The summed E-state index contributed by atoms with van der Waals surface area (Å²) < 4.78 is 1.58. The highest BCUT2D eigenvalue weighted by Crippen LogP contribution is 2.05. The number of amides is 1. The number of hydrogen-bond donors (Lipinski definition) is 2. The number of aromatic nitrogens is 4. The summed E-state index contributed by atoms with van der Waals surface area (Å²) >= 11 is 0. The van der Waals surface area contributed by atoms with Gasteiger partial charge in [-0.1, -0.05) is 6.92 Å². The smallest absolute Gasteiger partial charge is 0.291 e. The van der Waals surface area contributed by atoms with Gasteiger partial charge in [0.1, 0.15) is 0 Å². The van der Waals surface area contributed by atoms with E-state index in [9.17, 15) is 4.79 Å². The van der Waals surface area contributed by atoms with Crippen LogP contribution in [0.25, 0.3) is 5.78 Å². The lowest BCUT2D eigenvalue weighted by molar-refractivity contribution is 0.0944. The van der Waals surface area contributed by atoms with Gasteiger partial charge in [-0.3, -0.25) is 4.79 Å². The lowest BCUT2D eigenvalue weighted by atomic mass is 10.4. The largest absolute Gasteiger partial charge is 0.348 e. The maximum absolute atomic E-state index is 11.9.